The van der Waals surface area contributed by atoms with E-state index in [2.05, 4.69) is 67.4 Å². The van der Waals surface area contributed by atoms with Crippen molar-refractivity contribution in [3.05, 3.63) is 99.0 Å². The van der Waals surface area contributed by atoms with E-state index in [1.54, 1.807) is 10.9 Å². The monoisotopic (exact) mass is 457 g/mol. The molecule has 0 spiro atoms. The highest BCUT2D eigenvalue weighted by Gasteiger charge is 2.40. The van der Waals surface area contributed by atoms with Crippen LogP contribution in [0.3, 0.4) is 0 Å². The average Bonchev–Trinajstić information content (AvgIpc) is 3.02. The molecule has 0 bridgehead atoms. The largest absolute Gasteiger partial charge is 0.502 e. The summed E-state index contributed by atoms with van der Waals surface area (Å²) in [5.41, 5.74) is 4.45. The van der Waals surface area contributed by atoms with E-state index in [1.807, 2.05) is 4.90 Å². The van der Waals surface area contributed by atoms with Crippen molar-refractivity contribution in [2.24, 2.45) is 0 Å². The highest BCUT2D eigenvalue weighted by Crippen LogP contribution is 2.38. The number of aryl methyl sites for hydroxylation is 2. The standard InChI is InChI=1S/C28H31N3O3/c1-3-9-21(4-2)29-18-31(30-17-16-24(32)27(33)26(30)28(29)34)25-22-12-7-5-10-19(22)14-15-20-11-6-8-13-23(20)25/h5-8,10-13,16-17,21,25,33H,3-4,9,14-15,18H2,1-2H3/t21-/m0/s1. The molecular formula is C28H31N3O3. The third-order valence-corrected chi connectivity index (χ3v) is 7.29. The zero-order valence-electron chi connectivity index (χ0n) is 19.8. The number of rotatable bonds is 5. The van der Waals surface area contributed by atoms with Gasteiger partial charge < -0.3 is 10.0 Å². The van der Waals surface area contributed by atoms with Crippen LogP contribution in [0, 0.1) is 0 Å². The van der Waals surface area contributed by atoms with Crippen LogP contribution >= 0.6 is 0 Å². The molecule has 1 atom stereocenters. The van der Waals surface area contributed by atoms with E-state index < -0.39 is 11.2 Å². The number of nitrogens with zero attached hydrogens (tertiary/aromatic N) is 3. The molecule has 2 heterocycles. The maximum atomic E-state index is 13.6. The zero-order chi connectivity index (χ0) is 23.8. The minimum atomic E-state index is -0.536. The number of aromatic hydroxyl groups is 1. The third kappa shape index (κ3) is 3.58. The summed E-state index contributed by atoms with van der Waals surface area (Å²) in [4.78, 5) is 27.9. The van der Waals surface area contributed by atoms with Crippen LogP contribution in [0.5, 0.6) is 5.75 Å². The van der Waals surface area contributed by atoms with E-state index in [0.717, 1.165) is 32.1 Å². The molecule has 1 aliphatic carbocycles. The predicted molar refractivity (Wildman–Crippen MR) is 133 cm³/mol. The van der Waals surface area contributed by atoms with Crippen molar-refractivity contribution in [2.75, 3.05) is 11.7 Å². The lowest BCUT2D eigenvalue weighted by molar-refractivity contribution is 0.0571. The smallest absolute Gasteiger partial charge is 0.278 e. The molecule has 1 N–H and O–H groups in total. The molecule has 1 aromatic heterocycles. The molecule has 0 saturated heterocycles. The van der Waals surface area contributed by atoms with Crippen molar-refractivity contribution >= 4 is 5.91 Å². The summed E-state index contributed by atoms with van der Waals surface area (Å²) < 4.78 is 1.71. The summed E-state index contributed by atoms with van der Waals surface area (Å²) in [6.07, 6.45) is 6.13. The Morgan fingerprint density at radius 2 is 1.56 bits per heavy atom. The number of carbonyl (C=O) groups is 1. The molecule has 1 aliphatic heterocycles. The lowest BCUT2D eigenvalue weighted by Crippen LogP contribution is -2.58. The second kappa shape index (κ2) is 9.01. The average molecular weight is 458 g/mol. The van der Waals surface area contributed by atoms with Crippen LogP contribution in [0.15, 0.2) is 65.6 Å². The summed E-state index contributed by atoms with van der Waals surface area (Å²) in [7, 11) is 0. The van der Waals surface area contributed by atoms with Gasteiger partial charge in [0.05, 0.1) is 6.04 Å². The van der Waals surface area contributed by atoms with Gasteiger partial charge >= 0.3 is 0 Å². The predicted octanol–water partition coefficient (Wildman–Crippen LogP) is 4.37. The van der Waals surface area contributed by atoms with Gasteiger partial charge in [-0.2, -0.15) is 0 Å². The third-order valence-electron chi connectivity index (χ3n) is 7.29. The Labute approximate surface area is 200 Å². The van der Waals surface area contributed by atoms with Crippen molar-refractivity contribution < 1.29 is 9.90 Å². The van der Waals surface area contributed by atoms with Crippen LogP contribution in [-0.2, 0) is 12.8 Å². The van der Waals surface area contributed by atoms with E-state index in [1.165, 1.54) is 28.3 Å². The molecule has 1 amide bonds. The number of aromatic nitrogens is 1. The number of hydrogen-bond donors (Lipinski definition) is 1. The van der Waals surface area contributed by atoms with Gasteiger partial charge in [0.15, 0.2) is 11.4 Å². The van der Waals surface area contributed by atoms with Gasteiger partial charge in [-0.25, -0.2) is 0 Å². The lowest BCUT2D eigenvalue weighted by atomic mass is 9.94. The maximum absolute atomic E-state index is 13.6. The van der Waals surface area contributed by atoms with Gasteiger partial charge in [-0.3, -0.25) is 19.3 Å². The first-order chi connectivity index (χ1) is 16.5. The van der Waals surface area contributed by atoms with E-state index in [-0.39, 0.29) is 23.7 Å². The van der Waals surface area contributed by atoms with Gasteiger partial charge in [0.25, 0.3) is 5.91 Å². The Hall–Kier alpha value is -3.54. The molecule has 5 rings (SSSR count). The summed E-state index contributed by atoms with van der Waals surface area (Å²) in [5, 5.41) is 12.9. The fraction of sp³-hybridized carbons (Fsp3) is 0.357. The molecule has 6 nitrogen and oxygen atoms in total. The lowest BCUT2D eigenvalue weighted by Gasteiger charge is -2.46. The molecule has 0 fully saturated rings. The first kappa shape index (κ1) is 22.3. The first-order valence-electron chi connectivity index (χ1n) is 12.2. The molecule has 176 valence electrons. The number of benzene rings is 2. The van der Waals surface area contributed by atoms with Crippen LogP contribution < -0.4 is 10.4 Å². The molecule has 2 aliphatic rings. The highest BCUT2D eigenvalue weighted by atomic mass is 16.3. The quantitative estimate of drug-likeness (QED) is 0.618. The van der Waals surface area contributed by atoms with Gasteiger partial charge in [0.1, 0.15) is 6.67 Å². The van der Waals surface area contributed by atoms with Gasteiger partial charge in [-0.15, -0.1) is 0 Å². The van der Waals surface area contributed by atoms with Crippen LogP contribution in [0.4, 0.5) is 0 Å². The molecule has 2 aromatic carbocycles. The Kier molecular flexibility index (Phi) is 5.90. The summed E-state index contributed by atoms with van der Waals surface area (Å²) in [5.74, 6) is -0.773. The van der Waals surface area contributed by atoms with Crippen LogP contribution in [0.2, 0.25) is 0 Å². The Morgan fingerprint density at radius 1 is 0.941 bits per heavy atom. The normalized spacial score (nSPS) is 16.5. The topological polar surface area (TPSA) is 65.8 Å². The van der Waals surface area contributed by atoms with Crippen molar-refractivity contribution in [3.63, 3.8) is 0 Å². The summed E-state index contributed by atoms with van der Waals surface area (Å²) >= 11 is 0. The minimum absolute atomic E-state index is 0.0275. The van der Waals surface area contributed by atoms with Crippen LogP contribution in [0.25, 0.3) is 0 Å². The zero-order valence-corrected chi connectivity index (χ0v) is 19.8. The van der Waals surface area contributed by atoms with Gasteiger partial charge in [-0.05, 0) is 47.9 Å². The van der Waals surface area contributed by atoms with Crippen LogP contribution in [-0.4, -0.2) is 33.3 Å². The number of carbonyl (C=O) groups excluding carboxylic acids is 1. The maximum Gasteiger partial charge on any atom is 0.278 e. The number of hydrogen-bond acceptors (Lipinski definition) is 4. The second-order valence-corrected chi connectivity index (χ2v) is 9.23. The molecular weight excluding hydrogens is 426 g/mol. The fourth-order valence-corrected chi connectivity index (χ4v) is 5.57. The van der Waals surface area contributed by atoms with E-state index in [9.17, 15) is 14.7 Å². The van der Waals surface area contributed by atoms with E-state index in [0.29, 0.717) is 6.67 Å². The Bertz CT molecular complexity index is 1230. The minimum Gasteiger partial charge on any atom is -0.502 e. The molecule has 0 unspecified atom stereocenters. The number of pyridine rings is 1. The highest BCUT2D eigenvalue weighted by molar-refractivity contribution is 5.96. The van der Waals surface area contributed by atoms with Crippen molar-refractivity contribution in [3.8, 4) is 5.75 Å². The fourth-order valence-electron chi connectivity index (χ4n) is 5.57. The van der Waals surface area contributed by atoms with Crippen molar-refractivity contribution in [1.82, 2.24) is 9.58 Å². The molecule has 6 heteroatoms. The number of fused-ring (bicyclic) bond motifs is 3. The van der Waals surface area contributed by atoms with E-state index >= 15 is 0 Å². The molecule has 0 radical (unpaired) electrons. The summed E-state index contributed by atoms with van der Waals surface area (Å²) in [6, 6.07) is 18.1. The molecule has 0 saturated carbocycles. The Balaban J connectivity index is 1.75. The van der Waals surface area contributed by atoms with Gasteiger partial charge in [-0.1, -0.05) is 68.8 Å². The molecule has 34 heavy (non-hydrogen) atoms. The molecule has 3 aromatic rings. The Morgan fingerprint density at radius 3 is 2.15 bits per heavy atom. The first-order valence-corrected chi connectivity index (χ1v) is 12.2. The number of amides is 1. The van der Waals surface area contributed by atoms with Crippen LogP contribution in [0.1, 0.15) is 71.9 Å². The SMILES string of the molecule is CCC[C@H](CC)N1CN(C2c3ccccc3CCc3ccccc32)n2ccc(=O)c(O)c2C1=O. The summed E-state index contributed by atoms with van der Waals surface area (Å²) in [6.45, 7) is 4.57. The van der Waals surface area contributed by atoms with Crippen molar-refractivity contribution in [2.45, 2.75) is 58.0 Å². The van der Waals surface area contributed by atoms with Gasteiger partial charge in [0, 0.05) is 18.3 Å². The van der Waals surface area contributed by atoms with Gasteiger partial charge in [0.2, 0.25) is 5.43 Å². The van der Waals surface area contributed by atoms with E-state index in [4.69, 9.17) is 0 Å². The van der Waals surface area contributed by atoms with Crippen molar-refractivity contribution in [1.29, 1.82) is 0 Å². The second-order valence-electron chi connectivity index (χ2n) is 9.23.